The number of methoxy groups -OCH3 is 1. The SMILES string of the molecule is COc1ncc(-c2cccc3cc([C@H](C)Nc4nc(N)ncc4C#N)n(-c4cccc(F)c4)c(=O)c23)cn1. The van der Waals surface area contributed by atoms with E-state index in [2.05, 4.69) is 25.3 Å². The number of ether oxygens (including phenoxy) is 1. The molecule has 10 nitrogen and oxygen atoms in total. The summed E-state index contributed by atoms with van der Waals surface area (Å²) in [6.45, 7) is 1.80. The minimum atomic E-state index is -0.551. The molecule has 0 bridgehead atoms. The number of fused-ring (bicyclic) bond motifs is 1. The van der Waals surface area contributed by atoms with Gasteiger partial charge in [-0.2, -0.15) is 10.2 Å². The molecule has 0 saturated heterocycles. The summed E-state index contributed by atoms with van der Waals surface area (Å²) in [6, 6.07) is 14.7. The van der Waals surface area contributed by atoms with Crippen LogP contribution < -0.4 is 21.3 Å². The van der Waals surface area contributed by atoms with Crippen LogP contribution in [0, 0.1) is 17.1 Å². The van der Waals surface area contributed by atoms with Gasteiger partial charge in [-0.25, -0.2) is 19.3 Å². The number of hydrogen-bond acceptors (Lipinski definition) is 9. The summed E-state index contributed by atoms with van der Waals surface area (Å²) < 4.78 is 20.8. The van der Waals surface area contributed by atoms with Gasteiger partial charge in [0.25, 0.3) is 5.56 Å². The van der Waals surface area contributed by atoms with Crippen molar-refractivity contribution in [3.63, 3.8) is 0 Å². The summed E-state index contributed by atoms with van der Waals surface area (Å²) in [5.41, 5.74) is 7.64. The van der Waals surface area contributed by atoms with Gasteiger partial charge in [0.1, 0.15) is 23.3 Å². The number of rotatable bonds is 6. The number of halogens is 1. The lowest BCUT2D eigenvalue weighted by atomic mass is 9.99. The fraction of sp³-hybridized carbons (Fsp3) is 0.111. The highest BCUT2D eigenvalue weighted by molar-refractivity contribution is 5.96. The summed E-state index contributed by atoms with van der Waals surface area (Å²) in [7, 11) is 1.47. The molecule has 0 saturated carbocycles. The number of hydrogen-bond donors (Lipinski definition) is 2. The van der Waals surface area contributed by atoms with Gasteiger partial charge in [0, 0.05) is 23.7 Å². The molecule has 0 aliphatic carbocycles. The van der Waals surface area contributed by atoms with Gasteiger partial charge in [-0.05, 0) is 42.1 Å². The lowest BCUT2D eigenvalue weighted by Crippen LogP contribution is -2.26. The fourth-order valence-electron chi connectivity index (χ4n) is 4.25. The number of benzene rings is 2. The quantitative estimate of drug-likeness (QED) is 0.347. The minimum Gasteiger partial charge on any atom is -0.467 e. The maximum absolute atomic E-state index is 14.3. The first kappa shape index (κ1) is 24.3. The molecule has 1 atom stereocenters. The maximum atomic E-state index is 14.3. The molecular formula is C27H21FN8O2. The van der Waals surface area contributed by atoms with Gasteiger partial charge in [0.15, 0.2) is 0 Å². The Labute approximate surface area is 216 Å². The van der Waals surface area contributed by atoms with Crippen LogP contribution in [0.15, 0.2) is 71.9 Å². The van der Waals surface area contributed by atoms with Crippen molar-refractivity contribution < 1.29 is 9.13 Å². The lowest BCUT2D eigenvalue weighted by molar-refractivity contribution is 0.380. The number of anilines is 2. The molecule has 3 N–H and O–H groups in total. The number of nitrogens with two attached hydrogens (primary N) is 1. The summed E-state index contributed by atoms with van der Waals surface area (Å²) in [5, 5.41) is 13.7. The van der Waals surface area contributed by atoms with Crippen molar-refractivity contribution in [1.29, 1.82) is 5.26 Å². The third-order valence-electron chi connectivity index (χ3n) is 5.99. The third kappa shape index (κ3) is 4.46. The second-order valence-corrected chi connectivity index (χ2v) is 8.39. The number of aromatic nitrogens is 5. The molecule has 2 aromatic carbocycles. The van der Waals surface area contributed by atoms with Gasteiger partial charge in [0.2, 0.25) is 5.95 Å². The van der Waals surface area contributed by atoms with E-state index in [0.717, 1.165) is 0 Å². The fourth-order valence-corrected chi connectivity index (χ4v) is 4.25. The molecule has 0 amide bonds. The Kier molecular flexibility index (Phi) is 6.37. The molecule has 0 unspecified atom stereocenters. The first-order valence-electron chi connectivity index (χ1n) is 11.5. The Morgan fingerprint density at radius 1 is 1.11 bits per heavy atom. The zero-order valence-corrected chi connectivity index (χ0v) is 20.4. The van der Waals surface area contributed by atoms with Gasteiger partial charge >= 0.3 is 6.01 Å². The highest BCUT2D eigenvalue weighted by atomic mass is 19.1. The van der Waals surface area contributed by atoms with E-state index in [-0.39, 0.29) is 28.9 Å². The molecular weight excluding hydrogens is 487 g/mol. The molecule has 0 spiro atoms. The van der Waals surface area contributed by atoms with Crippen LogP contribution in [0.3, 0.4) is 0 Å². The highest BCUT2D eigenvalue weighted by Crippen LogP contribution is 2.30. The number of nitriles is 1. The van der Waals surface area contributed by atoms with Crippen LogP contribution in [0.2, 0.25) is 0 Å². The van der Waals surface area contributed by atoms with Crippen LogP contribution in [0.4, 0.5) is 16.2 Å². The molecule has 11 heteroatoms. The molecule has 3 aromatic heterocycles. The largest absolute Gasteiger partial charge is 0.467 e. The zero-order valence-electron chi connectivity index (χ0n) is 20.4. The van der Waals surface area contributed by atoms with E-state index < -0.39 is 11.9 Å². The molecule has 5 rings (SSSR count). The van der Waals surface area contributed by atoms with Crippen LogP contribution in [-0.4, -0.2) is 31.6 Å². The van der Waals surface area contributed by atoms with Crippen molar-refractivity contribution >= 4 is 22.5 Å². The highest BCUT2D eigenvalue weighted by Gasteiger charge is 2.20. The smallest absolute Gasteiger partial charge is 0.316 e. The van der Waals surface area contributed by atoms with E-state index in [0.29, 0.717) is 33.3 Å². The zero-order chi connectivity index (χ0) is 26.8. The van der Waals surface area contributed by atoms with Gasteiger partial charge in [-0.15, -0.1) is 0 Å². The summed E-state index contributed by atoms with van der Waals surface area (Å²) in [5.74, 6) is -0.283. The molecule has 188 valence electrons. The van der Waals surface area contributed by atoms with E-state index in [1.807, 2.05) is 24.3 Å². The first-order chi connectivity index (χ1) is 18.4. The van der Waals surface area contributed by atoms with Gasteiger partial charge in [-0.1, -0.05) is 24.3 Å². The van der Waals surface area contributed by atoms with Crippen molar-refractivity contribution in [2.75, 3.05) is 18.2 Å². The second kappa shape index (κ2) is 9.94. The van der Waals surface area contributed by atoms with Crippen molar-refractivity contribution in [3.8, 4) is 28.9 Å². The Morgan fingerprint density at radius 2 is 1.87 bits per heavy atom. The molecule has 0 fully saturated rings. The predicted molar refractivity (Wildman–Crippen MR) is 140 cm³/mol. The summed E-state index contributed by atoms with van der Waals surface area (Å²) in [6.07, 6.45) is 4.47. The normalized spacial score (nSPS) is 11.6. The van der Waals surface area contributed by atoms with E-state index in [9.17, 15) is 14.4 Å². The van der Waals surface area contributed by atoms with Gasteiger partial charge in [0.05, 0.1) is 30.4 Å². The molecule has 0 aliphatic heterocycles. The van der Waals surface area contributed by atoms with E-state index in [1.54, 1.807) is 31.5 Å². The number of nitrogens with zero attached hydrogens (tertiary/aromatic N) is 6. The second-order valence-electron chi connectivity index (χ2n) is 8.39. The van der Waals surface area contributed by atoms with Crippen LogP contribution >= 0.6 is 0 Å². The van der Waals surface area contributed by atoms with E-state index in [4.69, 9.17) is 10.5 Å². The van der Waals surface area contributed by atoms with Crippen LogP contribution in [0.1, 0.15) is 24.2 Å². The number of nitrogen functional groups attached to an aromatic ring is 1. The van der Waals surface area contributed by atoms with Crippen molar-refractivity contribution in [3.05, 3.63) is 94.5 Å². The molecule has 0 radical (unpaired) electrons. The topological polar surface area (TPSA) is 145 Å². The minimum absolute atomic E-state index is 0.00825. The Bertz CT molecular complexity index is 1760. The molecule has 38 heavy (non-hydrogen) atoms. The third-order valence-corrected chi connectivity index (χ3v) is 5.99. The molecule has 5 aromatic rings. The Morgan fingerprint density at radius 3 is 2.58 bits per heavy atom. The molecule has 3 heterocycles. The monoisotopic (exact) mass is 508 g/mol. The number of nitrogens with one attached hydrogen (secondary N) is 1. The van der Waals surface area contributed by atoms with Crippen molar-refractivity contribution in [2.24, 2.45) is 0 Å². The van der Waals surface area contributed by atoms with Crippen LogP contribution in [-0.2, 0) is 0 Å². The average Bonchev–Trinajstić information content (AvgIpc) is 2.92. The van der Waals surface area contributed by atoms with E-state index >= 15 is 0 Å². The van der Waals surface area contributed by atoms with E-state index in [1.165, 1.54) is 36.1 Å². The van der Waals surface area contributed by atoms with Crippen molar-refractivity contribution in [2.45, 2.75) is 13.0 Å². The first-order valence-corrected chi connectivity index (χ1v) is 11.5. The summed E-state index contributed by atoms with van der Waals surface area (Å²) in [4.78, 5) is 30.5. The summed E-state index contributed by atoms with van der Waals surface area (Å²) >= 11 is 0. The van der Waals surface area contributed by atoms with Crippen LogP contribution in [0.5, 0.6) is 6.01 Å². The van der Waals surface area contributed by atoms with Crippen LogP contribution in [0.25, 0.3) is 27.6 Å². The average molecular weight is 509 g/mol. The van der Waals surface area contributed by atoms with Crippen molar-refractivity contribution in [1.82, 2.24) is 24.5 Å². The molecule has 0 aliphatic rings. The number of pyridine rings is 1. The lowest BCUT2D eigenvalue weighted by Gasteiger charge is -2.22. The maximum Gasteiger partial charge on any atom is 0.316 e. The Balaban J connectivity index is 1.75. The van der Waals surface area contributed by atoms with Gasteiger partial charge < -0.3 is 15.8 Å². The predicted octanol–water partition coefficient (Wildman–Crippen LogP) is 4.01. The Hall–Kier alpha value is -5.37. The standard InChI is InChI=1S/C27H21FN8O2/c1-15(34-24-17(11-29)12-31-26(30)35-24)22-9-16-5-3-8-21(18-13-32-27(38-2)33-14-18)23(16)25(37)36(22)20-7-4-6-19(28)10-20/h3-10,12-15H,1-2H3,(H3,30,31,34,35)/t15-/m0/s1. The van der Waals surface area contributed by atoms with Gasteiger partial charge in [-0.3, -0.25) is 9.36 Å².